The topological polar surface area (TPSA) is 117 Å². The van der Waals surface area contributed by atoms with E-state index in [2.05, 4.69) is 22.9 Å². The van der Waals surface area contributed by atoms with E-state index in [0.29, 0.717) is 43.1 Å². The molecule has 0 unspecified atom stereocenters. The van der Waals surface area contributed by atoms with Gasteiger partial charge >= 0.3 is 0 Å². The van der Waals surface area contributed by atoms with Crippen molar-refractivity contribution in [2.45, 2.75) is 70.9 Å². The Hall–Kier alpha value is -2.30. The van der Waals surface area contributed by atoms with Crippen LogP contribution in [-0.2, 0) is 6.42 Å². The van der Waals surface area contributed by atoms with Crippen molar-refractivity contribution in [3.63, 3.8) is 0 Å². The number of anilines is 2. The van der Waals surface area contributed by atoms with Crippen LogP contribution in [0.4, 0.5) is 11.4 Å². The van der Waals surface area contributed by atoms with E-state index in [9.17, 15) is 19.0 Å². The number of aliphatic hydroxyl groups excluding tert-OH is 1. The molecule has 6 N–H and O–H groups in total. The summed E-state index contributed by atoms with van der Waals surface area (Å²) < 4.78 is 23.0. The highest BCUT2D eigenvalue weighted by molar-refractivity contribution is 8.25. The van der Waals surface area contributed by atoms with Crippen LogP contribution in [0.2, 0.25) is 0 Å². The van der Waals surface area contributed by atoms with E-state index in [1.54, 1.807) is 16.4 Å². The largest absolute Gasteiger partial charge is 0.390 e. The average Bonchev–Trinajstić information content (AvgIpc) is 2.90. The first-order valence-corrected chi connectivity index (χ1v) is 15.7. The van der Waals surface area contributed by atoms with Gasteiger partial charge in [0.05, 0.1) is 23.6 Å². The predicted octanol–water partition coefficient (Wildman–Crippen LogP) is 5.26. The van der Waals surface area contributed by atoms with Crippen LogP contribution >= 0.6 is 10.8 Å². The molecule has 212 valence electrons. The molecule has 1 heterocycles. The Morgan fingerprint density at radius 1 is 1.05 bits per heavy atom. The Morgan fingerprint density at radius 3 is 2.55 bits per heavy atom. The van der Waals surface area contributed by atoms with Gasteiger partial charge in [0, 0.05) is 30.9 Å². The van der Waals surface area contributed by atoms with Gasteiger partial charge in [-0.3, -0.25) is 18.2 Å². The minimum absolute atomic E-state index is 0.303. The van der Waals surface area contributed by atoms with Gasteiger partial charge in [-0.1, -0.05) is 56.5 Å². The minimum Gasteiger partial charge on any atom is -0.390 e. The van der Waals surface area contributed by atoms with Crippen molar-refractivity contribution >= 4 is 28.1 Å². The Labute approximate surface area is 229 Å². The number of rotatable bonds is 15. The van der Waals surface area contributed by atoms with Crippen LogP contribution in [0.5, 0.6) is 0 Å². The summed E-state index contributed by atoms with van der Waals surface area (Å²) in [7, 11) is -2.92. The molecule has 0 aromatic heterocycles. The Kier molecular flexibility index (Phi) is 12.2. The second-order valence-electron chi connectivity index (χ2n) is 10.0. The molecular formula is C29H46N4O4S. The Morgan fingerprint density at radius 2 is 1.84 bits per heavy atom. The number of nitrogens with zero attached hydrogens (tertiary/aromatic N) is 1. The molecule has 2 aromatic carbocycles. The lowest BCUT2D eigenvalue weighted by molar-refractivity contribution is 0.0830. The standard InChI is InChI=1S/C29H46N4O4S/c1-3-5-6-10-15-30-22-28(34)27(18-23-13-8-7-9-14-23)32-29(35)24-19-25(31-4-2)21-26(20-24)33-16-11-12-17-38(33,36)37/h7-9,13-14,19-21,27-28,30-31,34,36-37H,3-6,10-12,15-18,22H2,1-2H3,(H,32,35)/t27-,28-/m0/s1. The molecule has 0 aliphatic carbocycles. The number of aliphatic hydroxyl groups is 1. The quantitative estimate of drug-likeness (QED) is 0.169. The second-order valence-corrected chi connectivity index (χ2v) is 12.2. The molecule has 0 radical (unpaired) electrons. The third kappa shape index (κ3) is 9.17. The fourth-order valence-corrected chi connectivity index (χ4v) is 6.45. The van der Waals surface area contributed by atoms with Crippen LogP contribution in [0, 0.1) is 0 Å². The van der Waals surface area contributed by atoms with Gasteiger partial charge < -0.3 is 21.1 Å². The van der Waals surface area contributed by atoms with Crippen molar-refractivity contribution in [2.24, 2.45) is 0 Å². The van der Waals surface area contributed by atoms with Crippen LogP contribution in [0.1, 0.15) is 68.3 Å². The molecule has 1 aliphatic heterocycles. The number of unbranched alkanes of at least 4 members (excludes halogenated alkanes) is 3. The molecule has 2 atom stereocenters. The number of amides is 1. The number of carbonyl (C=O) groups excluding carboxylic acids is 1. The van der Waals surface area contributed by atoms with Crippen molar-refractivity contribution in [3.8, 4) is 0 Å². The Bertz CT molecular complexity index is 992. The number of benzene rings is 2. The smallest absolute Gasteiger partial charge is 0.251 e. The summed E-state index contributed by atoms with van der Waals surface area (Å²) in [4.78, 5) is 13.5. The molecule has 1 amide bonds. The molecule has 1 aliphatic rings. The Balaban J connectivity index is 1.77. The maximum Gasteiger partial charge on any atom is 0.251 e. The van der Waals surface area contributed by atoms with Crippen LogP contribution in [0.15, 0.2) is 48.5 Å². The third-order valence-electron chi connectivity index (χ3n) is 6.87. The van der Waals surface area contributed by atoms with Gasteiger partial charge in [0.1, 0.15) is 0 Å². The van der Waals surface area contributed by atoms with E-state index in [0.717, 1.165) is 43.5 Å². The lowest BCUT2D eigenvalue weighted by Crippen LogP contribution is -2.49. The fourth-order valence-electron chi connectivity index (χ4n) is 4.77. The SMILES string of the molecule is CCCCCCNC[C@H](O)[C@H](Cc1ccccc1)NC(=O)c1cc(NCC)cc(N2CCCCS2(O)O)c1. The van der Waals surface area contributed by atoms with Crippen LogP contribution in [0.3, 0.4) is 0 Å². The van der Waals surface area contributed by atoms with E-state index in [1.807, 2.05) is 43.3 Å². The van der Waals surface area contributed by atoms with Gasteiger partial charge in [0.15, 0.2) is 0 Å². The monoisotopic (exact) mass is 546 g/mol. The zero-order valence-corrected chi connectivity index (χ0v) is 23.7. The summed E-state index contributed by atoms with van der Waals surface area (Å²) in [5, 5.41) is 20.7. The summed E-state index contributed by atoms with van der Waals surface area (Å²) >= 11 is 0. The van der Waals surface area contributed by atoms with E-state index in [4.69, 9.17) is 0 Å². The van der Waals surface area contributed by atoms with Crippen LogP contribution < -0.4 is 20.3 Å². The highest BCUT2D eigenvalue weighted by atomic mass is 32.3. The lowest BCUT2D eigenvalue weighted by Gasteiger charge is -2.47. The van der Waals surface area contributed by atoms with Crippen molar-refractivity contribution < 1.29 is 19.0 Å². The molecule has 0 saturated carbocycles. The number of nitrogens with one attached hydrogen (secondary N) is 3. The number of hydrogen-bond acceptors (Lipinski definition) is 7. The first-order valence-electron chi connectivity index (χ1n) is 14.0. The maximum absolute atomic E-state index is 13.5. The molecule has 0 spiro atoms. The molecule has 3 rings (SSSR count). The molecule has 2 aromatic rings. The van der Waals surface area contributed by atoms with E-state index in [1.165, 1.54) is 12.8 Å². The zero-order chi connectivity index (χ0) is 27.4. The summed E-state index contributed by atoms with van der Waals surface area (Å²) in [6.07, 6.45) is 5.97. The van der Waals surface area contributed by atoms with Crippen molar-refractivity contribution in [1.29, 1.82) is 0 Å². The first-order chi connectivity index (χ1) is 18.3. The lowest BCUT2D eigenvalue weighted by atomic mass is 10.00. The molecule has 1 fully saturated rings. The van der Waals surface area contributed by atoms with Crippen molar-refractivity contribution in [1.82, 2.24) is 10.6 Å². The van der Waals surface area contributed by atoms with Gasteiger partial charge in [-0.2, -0.15) is 0 Å². The van der Waals surface area contributed by atoms with Gasteiger partial charge in [-0.05, 0) is 62.9 Å². The fraction of sp³-hybridized carbons (Fsp3) is 0.552. The van der Waals surface area contributed by atoms with Crippen LogP contribution in [-0.4, -0.2) is 64.2 Å². The second kappa shape index (κ2) is 15.3. The highest BCUT2D eigenvalue weighted by Crippen LogP contribution is 2.50. The highest BCUT2D eigenvalue weighted by Gasteiger charge is 2.28. The molecule has 9 heteroatoms. The molecule has 0 bridgehead atoms. The molecular weight excluding hydrogens is 500 g/mol. The molecule has 38 heavy (non-hydrogen) atoms. The van der Waals surface area contributed by atoms with Crippen LogP contribution in [0.25, 0.3) is 0 Å². The van der Waals surface area contributed by atoms with E-state index in [-0.39, 0.29) is 5.91 Å². The maximum atomic E-state index is 13.5. The molecule has 1 saturated heterocycles. The molecule has 8 nitrogen and oxygen atoms in total. The van der Waals surface area contributed by atoms with Crippen molar-refractivity contribution in [2.75, 3.05) is 41.6 Å². The van der Waals surface area contributed by atoms with Gasteiger partial charge in [0.2, 0.25) is 0 Å². The number of hydrogen-bond donors (Lipinski definition) is 6. The number of carbonyl (C=O) groups is 1. The van der Waals surface area contributed by atoms with Gasteiger partial charge in [-0.25, -0.2) is 0 Å². The minimum atomic E-state index is -2.92. The van der Waals surface area contributed by atoms with E-state index >= 15 is 0 Å². The summed E-state index contributed by atoms with van der Waals surface area (Å²) in [6.45, 7) is 6.57. The van der Waals surface area contributed by atoms with Crippen molar-refractivity contribution in [3.05, 3.63) is 59.7 Å². The average molecular weight is 547 g/mol. The normalized spacial score (nSPS) is 17.4. The third-order valence-corrected chi connectivity index (χ3v) is 8.81. The zero-order valence-electron chi connectivity index (χ0n) is 22.9. The summed E-state index contributed by atoms with van der Waals surface area (Å²) in [6, 6.07) is 14.7. The van der Waals surface area contributed by atoms with Gasteiger partial charge in [0.25, 0.3) is 5.91 Å². The summed E-state index contributed by atoms with van der Waals surface area (Å²) in [5.41, 5.74) is 2.80. The van der Waals surface area contributed by atoms with E-state index < -0.39 is 22.9 Å². The summed E-state index contributed by atoms with van der Waals surface area (Å²) in [5.74, 6) is 0.0268. The predicted molar refractivity (Wildman–Crippen MR) is 159 cm³/mol. The van der Waals surface area contributed by atoms with Gasteiger partial charge in [-0.15, -0.1) is 10.8 Å². The first kappa shape index (κ1) is 30.2.